The second-order valence-electron chi connectivity index (χ2n) is 6.76. The van der Waals surface area contributed by atoms with E-state index in [0.717, 1.165) is 64.7 Å². The number of nitrogens with one attached hydrogen (secondary N) is 2. The third-order valence-electron chi connectivity index (χ3n) is 5.02. The first-order chi connectivity index (χ1) is 11.2. The first-order valence-electron chi connectivity index (χ1n) is 8.94. The van der Waals surface area contributed by atoms with Gasteiger partial charge in [0.15, 0.2) is 0 Å². The molecule has 23 heavy (non-hydrogen) atoms. The molecule has 2 N–H and O–H groups in total. The number of piperidine rings is 1. The van der Waals surface area contributed by atoms with Gasteiger partial charge in [0.2, 0.25) is 11.8 Å². The van der Waals surface area contributed by atoms with Gasteiger partial charge in [0.25, 0.3) is 0 Å². The first kappa shape index (κ1) is 18.2. The van der Waals surface area contributed by atoms with Gasteiger partial charge >= 0.3 is 0 Å². The second kappa shape index (κ2) is 9.23. The van der Waals surface area contributed by atoms with Gasteiger partial charge in [-0.1, -0.05) is 6.42 Å². The minimum absolute atomic E-state index is 0.100. The minimum atomic E-state index is -0.390. The SMILES string of the molecule is COCC1(C(=O)NCCCN2CCCCCC2=O)CCNCC1. The average Bonchev–Trinajstić information content (AvgIpc) is 2.77. The monoisotopic (exact) mass is 325 g/mol. The predicted molar refractivity (Wildman–Crippen MR) is 89.1 cm³/mol. The third-order valence-corrected chi connectivity index (χ3v) is 5.02. The van der Waals surface area contributed by atoms with Crippen LogP contribution in [0.4, 0.5) is 0 Å². The predicted octanol–water partition coefficient (Wildman–Crippen LogP) is 0.912. The molecule has 0 aromatic rings. The van der Waals surface area contributed by atoms with Crippen molar-refractivity contribution in [3.8, 4) is 0 Å². The maximum absolute atomic E-state index is 12.6. The standard InChI is InChI=1S/C17H31N3O3/c1-23-14-17(7-10-18-11-8-17)16(22)19-9-5-13-20-12-4-2-3-6-15(20)21/h18H,2-14H2,1H3,(H,19,22). The number of carbonyl (C=O) groups excluding carboxylic acids is 2. The molecule has 2 heterocycles. The number of amides is 2. The van der Waals surface area contributed by atoms with Crippen LogP contribution < -0.4 is 10.6 Å². The Hall–Kier alpha value is -1.14. The zero-order valence-corrected chi connectivity index (χ0v) is 14.4. The summed E-state index contributed by atoms with van der Waals surface area (Å²) in [6, 6.07) is 0. The van der Waals surface area contributed by atoms with Crippen LogP contribution in [0.15, 0.2) is 0 Å². The molecule has 0 aromatic carbocycles. The Labute approximate surface area is 139 Å². The summed E-state index contributed by atoms with van der Waals surface area (Å²) in [6.45, 7) is 4.44. The molecule has 2 rings (SSSR count). The molecule has 132 valence electrons. The van der Waals surface area contributed by atoms with E-state index in [9.17, 15) is 9.59 Å². The van der Waals surface area contributed by atoms with Gasteiger partial charge in [0.1, 0.15) is 0 Å². The Morgan fingerprint density at radius 2 is 2.09 bits per heavy atom. The lowest BCUT2D eigenvalue weighted by atomic mass is 9.78. The highest BCUT2D eigenvalue weighted by atomic mass is 16.5. The highest BCUT2D eigenvalue weighted by Gasteiger charge is 2.39. The Balaban J connectivity index is 1.73. The van der Waals surface area contributed by atoms with Gasteiger partial charge in [0, 0.05) is 33.2 Å². The van der Waals surface area contributed by atoms with Crippen molar-refractivity contribution in [2.75, 3.05) is 46.4 Å². The van der Waals surface area contributed by atoms with E-state index in [1.54, 1.807) is 7.11 Å². The van der Waals surface area contributed by atoms with Crippen LogP contribution >= 0.6 is 0 Å². The van der Waals surface area contributed by atoms with E-state index in [1.165, 1.54) is 0 Å². The van der Waals surface area contributed by atoms with E-state index >= 15 is 0 Å². The van der Waals surface area contributed by atoms with E-state index in [1.807, 2.05) is 4.90 Å². The van der Waals surface area contributed by atoms with Crippen molar-refractivity contribution in [3.63, 3.8) is 0 Å². The first-order valence-corrected chi connectivity index (χ1v) is 8.94. The lowest BCUT2D eigenvalue weighted by Crippen LogP contribution is -2.50. The van der Waals surface area contributed by atoms with Crippen LogP contribution in [0.25, 0.3) is 0 Å². The third kappa shape index (κ3) is 5.18. The molecule has 0 aliphatic carbocycles. The largest absolute Gasteiger partial charge is 0.384 e. The number of methoxy groups -OCH3 is 1. The smallest absolute Gasteiger partial charge is 0.228 e. The number of carbonyl (C=O) groups is 2. The number of likely N-dealkylation sites (tertiary alicyclic amines) is 1. The fourth-order valence-corrected chi connectivity index (χ4v) is 3.55. The van der Waals surface area contributed by atoms with E-state index < -0.39 is 5.41 Å². The van der Waals surface area contributed by atoms with E-state index in [4.69, 9.17) is 4.74 Å². The van der Waals surface area contributed by atoms with Crippen molar-refractivity contribution in [1.29, 1.82) is 0 Å². The van der Waals surface area contributed by atoms with Gasteiger partial charge in [-0.15, -0.1) is 0 Å². The molecule has 2 aliphatic rings. The van der Waals surface area contributed by atoms with Crippen LogP contribution in [0.3, 0.4) is 0 Å². The molecule has 0 bridgehead atoms. The summed E-state index contributed by atoms with van der Waals surface area (Å²) < 4.78 is 5.29. The molecule has 2 amide bonds. The molecule has 0 radical (unpaired) electrons. The highest BCUT2D eigenvalue weighted by Crippen LogP contribution is 2.29. The molecular formula is C17H31N3O3. The van der Waals surface area contributed by atoms with Crippen LogP contribution in [0.2, 0.25) is 0 Å². The van der Waals surface area contributed by atoms with Crippen molar-refractivity contribution in [1.82, 2.24) is 15.5 Å². The zero-order valence-electron chi connectivity index (χ0n) is 14.4. The molecule has 0 saturated carbocycles. The van der Waals surface area contributed by atoms with Crippen LogP contribution in [-0.4, -0.2) is 63.2 Å². The number of hydrogen-bond donors (Lipinski definition) is 2. The summed E-state index contributed by atoms with van der Waals surface area (Å²) in [5, 5.41) is 6.36. The number of hydrogen-bond acceptors (Lipinski definition) is 4. The zero-order chi connectivity index (χ0) is 16.5. The summed E-state index contributed by atoms with van der Waals surface area (Å²) >= 11 is 0. The van der Waals surface area contributed by atoms with Crippen molar-refractivity contribution in [2.24, 2.45) is 5.41 Å². The van der Waals surface area contributed by atoms with Crippen LogP contribution in [-0.2, 0) is 14.3 Å². The summed E-state index contributed by atoms with van der Waals surface area (Å²) in [4.78, 5) is 26.5. The fraction of sp³-hybridized carbons (Fsp3) is 0.882. The van der Waals surface area contributed by atoms with Crippen LogP contribution in [0, 0.1) is 5.41 Å². The molecule has 0 atom stereocenters. The van der Waals surface area contributed by atoms with Gasteiger partial charge in [-0.25, -0.2) is 0 Å². The molecule has 6 nitrogen and oxygen atoms in total. The van der Waals surface area contributed by atoms with Crippen molar-refractivity contribution in [3.05, 3.63) is 0 Å². The van der Waals surface area contributed by atoms with E-state index in [-0.39, 0.29) is 11.8 Å². The van der Waals surface area contributed by atoms with Crippen molar-refractivity contribution >= 4 is 11.8 Å². The number of ether oxygens (including phenoxy) is 1. The molecule has 6 heteroatoms. The molecule has 2 saturated heterocycles. The second-order valence-corrected chi connectivity index (χ2v) is 6.76. The van der Waals surface area contributed by atoms with E-state index in [0.29, 0.717) is 19.6 Å². The lowest BCUT2D eigenvalue weighted by molar-refractivity contribution is -0.136. The Bertz CT molecular complexity index is 389. The molecule has 2 fully saturated rings. The number of rotatable bonds is 7. The normalized spacial score (nSPS) is 21.8. The molecule has 0 unspecified atom stereocenters. The maximum atomic E-state index is 12.6. The average molecular weight is 325 g/mol. The van der Waals surface area contributed by atoms with Gasteiger partial charge in [-0.2, -0.15) is 0 Å². The van der Waals surface area contributed by atoms with Gasteiger partial charge in [-0.05, 0) is 45.2 Å². The molecule has 2 aliphatic heterocycles. The van der Waals surface area contributed by atoms with Crippen LogP contribution in [0.1, 0.15) is 44.9 Å². The number of nitrogens with zero attached hydrogens (tertiary/aromatic N) is 1. The summed E-state index contributed by atoms with van der Waals surface area (Å²) in [7, 11) is 1.65. The van der Waals surface area contributed by atoms with Gasteiger partial charge in [-0.3, -0.25) is 9.59 Å². The van der Waals surface area contributed by atoms with Crippen LogP contribution in [0.5, 0.6) is 0 Å². The quantitative estimate of drug-likeness (QED) is 0.683. The lowest BCUT2D eigenvalue weighted by Gasteiger charge is -2.35. The summed E-state index contributed by atoms with van der Waals surface area (Å²) in [5.74, 6) is 0.367. The summed E-state index contributed by atoms with van der Waals surface area (Å²) in [6.07, 6.45) is 6.39. The molecule has 0 aromatic heterocycles. The Kier molecular flexibility index (Phi) is 7.30. The summed E-state index contributed by atoms with van der Waals surface area (Å²) in [5.41, 5.74) is -0.390. The van der Waals surface area contributed by atoms with Crippen molar-refractivity contribution in [2.45, 2.75) is 44.9 Å². The van der Waals surface area contributed by atoms with Gasteiger partial charge < -0.3 is 20.3 Å². The Morgan fingerprint density at radius 3 is 2.83 bits per heavy atom. The topological polar surface area (TPSA) is 70.7 Å². The molecule has 0 spiro atoms. The molecular weight excluding hydrogens is 294 g/mol. The Morgan fingerprint density at radius 1 is 1.30 bits per heavy atom. The highest BCUT2D eigenvalue weighted by molar-refractivity contribution is 5.83. The van der Waals surface area contributed by atoms with Gasteiger partial charge in [0.05, 0.1) is 12.0 Å². The maximum Gasteiger partial charge on any atom is 0.228 e. The van der Waals surface area contributed by atoms with E-state index in [2.05, 4.69) is 10.6 Å². The minimum Gasteiger partial charge on any atom is -0.384 e. The van der Waals surface area contributed by atoms with Crippen molar-refractivity contribution < 1.29 is 14.3 Å². The fourth-order valence-electron chi connectivity index (χ4n) is 3.55.